The highest BCUT2D eigenvalue weighted by Crippen LogP contribution is 2.16. The normalized spacial score (nSPS) is 14.6. The Morgan fingerprint density at radius 1 is 1.35 bits per heavy atom. The van der Waals surface area contributed by atoms with Crippen LogP contribution < -0.4 is 5.32 Å². The van der Waals surface area contributed by atoms with Gasteiger partial charge in [-0.2, -0.15) is 0 Å². The average molecular weight is 265 g/mol. The highest BCUT2D eigenvalue weighted by molar-refractivity contribution is 7.90. The van der Waals surface area contributed by atoms with Crippen LogP contribution in [0.2, 0.25) is 0 Å². The molecule has 0 amide bonds. The Balaban J connectivity index is 4.08. The molecule has 0 aliphatic rings. The summed E-state index contributed by atoms with van der Waals surface area (Å²) in [5.41, 5.74) is 0.183. The second-order valence-corrected chi connectivity index (χ2v) is 7.83. The number of rotatable bonds is 7. The molecule has 0 bridgehead atoms. The fourth-order valence-corrected chi connectivity index (χ4v) is 2.31. The zero-order valence-electron chi connectivity index (χ0n) is 11.0. The van der Waals surface area contributed by atoms with E-state index < -0.39 is 21.7 Å². The van der Waals surface area contributed by atoms with E-state index in [0.29, 0.717) is 6.54 Å². The quantitative estimate of drug-likeness (QED) is 0.664. The van der Waals surface area contributed by atoms with Crippen molar-refractivity contribution in [2.75, 3.05) is 25.1 Å². The minimum atomic E-state index is -3.25. The molecule has 17 heavy (non-hydrogen) atoms. The number of hydrogen-bond donors (Lipinski definition) is 2. The molecule has 0 aliphatic carbocycles. The number of nitrogens with one attached hydrogen (secondary N) is 1. The van der Waals surface area contributed by atoms with E-state index in [4.69, 9.17) is 5.11 Å². The summed E-state index contributed by atoms with van der Waals surface area (Å²) in [5.74, 6) is -2.26. The van der Waals surface area contributed by atoms with Gasteiger partial charge in [-0.3, -0.25) is 4.79 Å². The van der Waals surface area contributed by atoms with Gasteiger partial charge in [0.15, 0.2) is 0 Å². The lowest BCUT2D eigenvalue weighted by Gasteiger charge is -2.19. The summed E-state index contributed by atoms with van der Waals surface area (Å²) in [7, 11) is -3.25. The van der Waals surface area contributed by atoms with Crippen LogP contribution >= 0.6 is 0 Å². The number of aliphatic carboxylic acids is 1. The predicted octanol–water partition coefficient (Wildman–Crippen LogP) is 0.758. The van der Waals surface area contributed by atoms with Crippen molar-refractivity contribution in [1.82, 2.24) is 5.32 Å². The summed E-state index contributed by atoms with van der Waals surface area (Å²) in [5, 5.41) is 11.9. The zero-order valence-corrected chi connectivity index (χ0v) is 11.8. The molecule has 0 aliphatic heterocycles. The Morgan fingerprint density at radius 3 is 2.24 bits per heavy atom. The molecule has 0 heterocycles. The molecule has 0 fully saturated rings. The van der Waals surface area contributed by atoms with Gasteiger partial charge in [-0.1, -0.05) is 20.8 Å². The maximum Gasteiger partial charge on any atom is 0.308 e. The molecule has 102 valence electrons. The first-order valence-corrected chi connectivity index (χ1v) is 7.68. The first-order chi connectivity index (χ1) is 7.51. The van der Waals surface area contributed by atoms with Gasteiger partial charge in [-0.25, -0.2) is 8.42 Å². The number of carboxylic acids is 1. The highest BCUT2D eigenvalue weighted by atomic mass is 32.2. The lowest BCUT2D eigenvalue weighted by molar-refractivity contribution is -0.140. The highest BCUT2D eigenvalue weighted by Gasteiger charge is 2.22. The fourth-order valence-electron chi connectivity index (χ4n) is 1.32. The molecular formula is C11H23NO4S. The van der Waals surface area contributed by atoms with Crippen LogP contribution in [0, 0.1) is 11.3 Å². The topological polar surface area (TPSA) is 83.5 Å². The van der Waals surface area contributed by atoms with Crippen LogP contribution in [0.4, 0.5) is 0 Å². The van der Waals surface area contributed by atoms with Crippen LogP contribution in [0.5, 0.6) is 0 Å². The summed E-state index contributed by atoms with van der Waals surface area (Å²) >= 11 is 0. The van der Waals surface area contributed by atoms with Crippen molar-refractivity contribution in [2.24, 2.45) is 11.3 Å². The first-order valence-electron chi connectivity index (χ1n) is 5.62. The van der Waals surface area contributed by atoms with Crippen LogP contribution in [0.1, 0.15) is 27.2 Å². The Hall–Kier alpha value is -0.620. The van der Waals surface area contributed by atoms with Crippen LogP contribution in [0.3, 0.4) is 0 Å². The van der Waals surface area contributed by atoms with Crippen molar-refractivity contribution in [2.45, 2.75) is 27.2 Å². The molecule has 0 saturated carbocycles. The van der Waals surface area contributed by atoms with Gasteiger partial charge in [0.2, 0.25) is 0 Å². The van der Waals surface area contributed by atoms with Gasteiger partial charge in [0, 0.05) is 12.8 Å². The van der Waals surface area contributed by atoms with Gasteiger partial charge in [0.05, 0.1) is 11.7 Å². The third kappa shape index (κ3) is 10.3. The molecule has 0 spiro atoms. The second kappa shape index (κ2) is 6.35. The molecule has 0 aromatic rings. The summed E-state index contributed by atoms with van der Waals surface area (Å²) in [6, 6.07) is 0. The summed E-state index contributed by atoms with van der Waals surface area (Å²) in [6.07, 6.45) is 1.97. The van der Waals surface area contributed by atoms with E-state index in [1.165, 1.54) is 0 Å². The molecular weight excluding hydrogens is 242 g/mol. The molecule has 0 rings (SSSR count). The molecule has 0 aromatic heterocycles. The Bertz CT molecular complexity index is 343. The van der Waals surface area contributed by atoms with Crippen LogP contribution in [-0.2, 0) is 14.6 Å². The predicted molar refractivity (Wildman–Crippen MR) is 67.8 cm³/mol. The molecule has 1 unspecified atom stereocenters. The molecule has 0 radical (unpaired) electrons. The lowest BCUT2D eigenvalue weighted by Crippen LogP contribution is -2.34. The number of hydrogen-bond acceptors (Lipinski definition) is 4. The minimum absolute atomic E-state index is 0.183. The van der Waals surface area contributed by atoms with E-state index in [1.54, 1.807) is 0 Å². The van der Waals surface area contributed by atoms with E-state index in [-0.39, 0.29) is 17.7 Å². The van der Waals surface area contributed by atoms with Gasteiger partial charge >= 0.3 is 5.97 Å². The number of carboxylic acid groups (broad SMARTS) is 1. The van der Waals surface area contributed by atoms with Crippen LogP contribution in [0.25, 0.3) is 0 Å². The van der Waals surface area contributed by atoms with Crippen molar-refractivity contribution >= 4 is 15.8 Å². The van der Waals surface area contributed by atoms with E-state index >= 15 is 0 Å². The van der Waals surface area contributed by atoms with Gasteiger partial charge in [0.1, 0.15) is 9.84 Å². The maximum absolute atomic E-state index is 11.0. The Morgan fingerprint density at radius 2 is 1.88 bits per heavy atom. The van der Waals surface area contributed by atoms with Crippen molar-refractivity contribution in [3.63, 3.8) is 0 Å². The van der Waals surface area contributed by atoms with E-state index in [9.17, 15) is 13.2 Å². The third-order valence-electron chi connectivity index (χ3n) is 2.30. The molecule has 0 saturated heterocycles. The van der Waals surface area contributed by atoms with E-state index in [2.05, 4.69) is 26.1 Å². The maximum atomic E-state index is 11.0. The minimum Gasteiger partial charge on any atom is -0.481 e. The summed E-state index contributed by atoms with van der Waals surface area (Å²) in [6.45, 7) is 7.18. The molecule has 2 N–H and O–H groups in total. The molecule has 5 nitrogen and oxygen atoms in total. The third-order valence-corrected chi connectivity index (χ3v) is 3.30. The molecule has 1 atom stereocenters. The smallest absolute Gasteiger partial charge is 0.308 e. The SMILES string of the molecule is CC(C)(C)CCNCC(CS(C)(=O)=O)C(=O)O. The Labute approximate surface area is 104 Å². The van der Waals surface area contributed by atoms with Crippen LogP contribution in [-0.4, -0.2) is 44.6 Å². The fraction of sp³-hybridized carbons (Fsp3) is 0.909. The molecule has 0 aromatic carbocycles. The Kier molecular flexibility index (Phi) is 6.12. The van der Waals surface area contributed by atoms with E-state index in [0.717, 1.165) is 12.7 Å². The largest absolute Gasteiger partial charge is 0.481 e. The van der Waals surface area contributed by atoms with Crippen molar-refractivity contribution < 1.29 is 18.3 Å². The van der Waals surface area contributed by atoms with Gasteiger partial charge in [-0.15, -0.1) is 0 Å². The monoisotopic (exact) mass is 265 g/mol. The van der Waals surface area contributed by atoms with Crippen molar-refractivity contribution in [1.29, 1.82) is 0 Å². The molecule has 6 heteroatoms. The summed E-state index contributed by atoms with van der Waals surface area (Å²) in [4.78, 5) is 10.9. The first kappa shape index (κ1) is 16.4. The van der Waals surface area contributed by atoms with Gasteiger partial charge in [-0.05, 0) is 18.4 Å². The van der Waals surface area contributed by atoms with Crippen LogP contribution in [0.15, 0.2) is 0 Å². The number of carbonyl (C=O) groups is 1. The average Bonchev–Trinajstić information content (AvgIpc) is 2.06. The number of sulfone groups is 1. The second-order valence-electron chi connectivity index (χ2n) is 5.64. The summed E-state index contributed by atoms with van der Waals surface area (Å²) < 4.78 is 22.1. The van der Waals surface area contributed by atoms with E-state index in [1.807, 2.05) is 0 Å². The standard InChI is InChI=1S/C11H23NO4S/c1-11(2,3)5-6-12-7-9(10(13)14)8-17(4,15)16/h9,12H,5-8H2,1-4H3,(H,13,14). The lowest BCUT2D eigenvalue weighted by atomic mass is 9.92. The van der Waals surface area contributed by atoms with Crippen molar-refractivity contribution in [3.8, 4) is 0 Å². The van der Waals surface area contributed by atoms with Crippen molar-refractivity contribution in [3.05, 3.63) is 0 Å². The zero-order chi connectivity index (χ0) is 13.7. The van der Waals surface area contributed by atoms with Gasteiger partial charge in [0.25, 0.3) is 0 Å². The van der Waals surface area contributed by atoms with Gasteiger partial charge < -0.3 is 10.4 Å².